The topological polar surface area (TPSA) is 40.2 Å². The van der Waals surface area contributed by atoms with Crippen LogP contribution in [0.15, 0.2) is 23.0 Å². The lowest BCUT2D eigenvalue weighted by atomic mass is 9.94. The third-order valence-corrected chi connectivity index (χ3v) is 3.33. The summed E-state index contributed by atoms with van der Waals surface area (Å²) in [6.07, 6.45) is 9.89. The van der Waals surface area contributed by atoms with Crippen LogP contribution in [0, 0.1) is 11.3 Å². The summed E-state index contributed by atoms with van der Waals surface area (Å²) >= 11 is 0. The molecule has 1 aliphatic carbocycles. The maximum Gasteiger partial charge on any atom is 0.0947 e. The van der Waals surface area contributed by atoms with Crippen LogP contribution >= 0.6 is 0 Å². The standard InChI is InChI=1S/C13H18N2O/c14-7-8-15(10-12-6-9-16-11-12)13-4-2-1-3-5-13/h6,9,11,13H,1-5,8,10H2. The molecule has 0 aliphatic heterocycles. The van der Waals surface area contributed by atoms with E-state index in [9.17, 15) is 0 Å². The first-order valence-corrected chi connectivity index (χ1v) is 6.02. The van der Waals surface area contributed by atoms with Crippen molar-refractivity contribution in [3.8, 4) is 6.07 Å². The first-order valence-electron chi connectivity index (χ1n) is 6.02. The Bertz CT molecular complexity index is 333. The van der Waals surface area contributed by atoms with Crippen molar-refractivity contribution in [1.82, 2.24) is 4.90 Å². The molecule has 1 aliphatic rings. The van der Waals surface area contributed by atoms with Crippen molar-refractivity contribution >= 4 is 0 Å². The second-order valence-electron chi connectivity index (χ2n) is 4.49. The molecule has 1 aromatic rings. The highest BCUT2D eigenvalue weighted by molar-refractivity contribution is 5.06. The van der Waals surface area contributed by atoms with Crippen LogP contribution in [0.3, 0.4) is 0 Å². The van der Waals surface area contributed by atoms with Gasteiger partial charge in [0, 0.05) is 18.2 Å². The molecule has 86 valence electrons. The molecule has 0 unspecified atom stereocenters. The van der Waals surface area contributed by atoms with Crippen LogP contribution in [0.1, 0.15) is 37.7 Å². The molecule has 1 saturated carbocycles. The number of hydrogen-bond acceptors (Lipinski definition) is 3. The van der Waals surface area contributed by atoms with Gasteiger partial charge in [0.25, 0.3) is 0 Å². The fourth-order valence-electron chi connectivity index (χ4n) is 2.47. The molecule has 0 bridgehead atoms. The minimum absolute atomic E-state index is 0.524. The fourth-order valence-corrected chi connectivity index (χ4v) is 2.47. The van der Waals surface area contributed by atoms with Gasteiger partial charge in [0.15, 0.2) is 0 Å². The maximum absolute atomic E-state index is 8.88. The average Bonchev–Trinajstić information content (AvgIpc) is 2.83. The maximum atomic E-state index is 8.88. The van der Waals surface area contributed by atoms with Gasteiger partial charge in [-0.25, -0.2) is 0 Å². The molecular formula is C13H18N2O. The summed E-state index contributed by atoms with van der Waals surface area (Å²) in [4.78, 5) is 2.28. The highest BCUT2D eigenvalue weighted by Crippen LogP contribution is 2.23. The van der Waals surface area contributed by atoms with Crippen LogP contribution in [0.5, 0.6) is 0 Å². The monoisotopic (exact) mass is 218 g/mol. The van der Waals surface area contributed by atoms with E-state index in [-0.39, 0.29) is 0 Å². The lowest BCUT2D eigenvalue weighted by molar-refractivity contribution is 0.166. The first-order chi connectivity index (χ1) is 7.90. The van der Waals surface area contributed by atoms with Gasteiger partial charge in [-0.1, -0.05) is 19.3 Å². The summed E-state index contributed by atoms with van der Waals surface area (Å²) in [5.74, 6) is 0. The Balaban J connectivity index is 1.96. The van der Waals surface area contributed by atoms with Crippen molar-refractivity contribution in [3.05, 3.63) is 24.2 Å². The average molecular weight is 218 g/mol. The number of rotatable bonds is 4. The van der Waals surface area contributed by atoms with E-state index in [0.29, 0.717) is 12.6 Å². The van der Waals surface area contributed by atoms with Crippen molar-refractivity contribution in [2.45, 2.75) is 44.7 Å². The first kappa shape index (κ1) is 11.2. The minimum atomic E-state index is 0.524. The summed E-state index contributed by atoms with van der Waals surface area (Å²) in [5, 5.41) is 8.88. The summed E-state index contributed by atoms with van der Waals surface area (Å²) in [6.45, 7) is 1.37. The van der Waals surface area contributed by atoms with E-state index in [1.54, 1.807) is 12.5 Å². The SMILES string of the molecule is N#CCN(Cc1ccoc1)C1CCCCC1. The lowest BCUT2D eigenvalue weighted by Crippen LogP contribution is -2.36. The molecule has 0 spiro atoms. The minimum Gasteiger partial charge on any atom is -0.472 e. The Morgan fingerprint density at radius 2 is 2.19 bits per heavy atom. The van der Waals surface area contributed by atoms with Crippen LogP contribution in [-0.2, 0) is 6.54 Å². The highest BCUT2D eigenvalue weighted by Gasteiger charge is 2.21. The largest absolute Gasteiger partial charge is 0.472 e. The van der Waals surface area contributed by atoms with Crippen LogP contribution in [0.4, 0.5) is 0 Å². The summed E-state index contributed by atoms with van der Waals surface area (Å²) in [5.41, 5.74) is 1.17. The van der Waals surface area contributed by atoms with Gasteiger partial charge in [0.2, 0.25) is 0 Å². The van der Waals surface area contributed by atoms with E-state index in [0.717, 1.165) is 6.54 Å². The number of nitriles is 1. The smallest absolute Gasteiger partial charge is 0.0947 e. The van der Waals surface area contributed by atoms with E-state index in [1.165, 1.54) is 37.7 Å². The molecule has 0 amide bonds. The predicted molar refractivity (Wildman–Crippen MR) is 61.6 cm³/mol. The molecule has 0 aromatic carbocycles. The molecule has 1 heterocycles. The van der Waals surface area contributed by atoms with Gasteiger partial charge in [0.05, 0.1) is 25.1 Å². The number of nitrogens with zero attached hydrogens (tertiary/aromatic N) is 2. The molecule has 3 nitrogen and oxygen atoms in total. The van der Waals surface area contributed by atoms with Gasteiger partial charge in [-0.05, 0) is 18.9 Å². The molecule has 3 heteroatoms. The Kier molecular flexibility index (Phi) is 4.01. The molecule has 0 atom stereocenters. The Labute approximate surface area is 96.7 Å². The predicted octanol–water partition coefficient (Wildman–Crippen LogP) is 2.94. The zero-order valence-electron chi connectivity index (χ0n) is 9.56. The molecule has 0 N–H and O–H groups in total. The molecule has 1 aromatic heterocycles. The lowest BCUT2D eigenvalue weighted by Gasteiger charge is -2.32. The van der Waals surface area contributed by atoms with Crippen LogP contribution in [0.25, 0.3) is 0 Å². The molecule has 16 heavy (non-hydrogen) atoms. The molecular weight excluding hydrogens is 200 g/mol. The zero-order valence-corrected chi connectivity index (χ0v) is 9.56. The van der Waals surface area contributed by atoms with E-state index < -0.39 is 0 Å². The van der Waals surface area contributed by atoms with Crippen molar-refractivity contribution < 1.29 is 4.42 Å². The van der Waals surface area contributed by atoms with Crippen LogP contribution in [-0.4, -0.2) is 17.5 Å². The van der Waals surface area contributed by atoms with Crippen molar-refractivity contribution in [2.75, 3.05) is 6.54 Å². The Morgan fingerprint density at radius 3 is 2.81 bits per heavy atom. The van der Waals surface area contributed by atoms with Gasteiger partial charge in [-0.2, -0.15) is 5.26 Å². The Morgan fingerprint density at radius 1 is 1.38 bits per heavy atom. The quantitative estimate of drug-likeness (QED) is 0.729. The third kappa shape index (κ3) is 2.86. The zero-order chi connectivity index (χ0) is 11.2. The summed E-state index contributed by atoms with van der Waals surface area (Å²) < 4.78 is 5.07. The van der Waals surface area contributed by atoms with Crippen molar-refractivity contribution in [3.63, 3.8) is 0 Å². The molecule has 0 saturated heterocycles. The van der Waals surface area contributed by atoms with Gasteiger partial charge < -0.3 is 4.42 Å². The van der Waals surface area contributed by atoms with E-state index >= 15 is 0 Å². The summed E-state index contributed by atoms with van der Waals surface area (Å²) in [7, 11) is 0. The van der Waals surface area contributed by atoms with E-state index in [1.807, 2.05) is 6.07 Å². The second-order valence-corrected chi connectivity index (χ2v) is 4.49. The van der Waals surface area contributed by atoms with Crippen molar-refractivity contribution in [2.24, 2.45) is 0 Å². The van der Waals surface area contributed by atoms with Gasteiger partial charge >= 0.3 is 0 Å². The van der Waals surface area contributed by atoms with Gasteiger partial charge in [-0.3, -0.25) is 4.90 Å². The molecule has 2 rings (SSSR count). The molecule has 1 fully saturated rings. The van der Waals surface area contributed by atoms with E-state index in [2.05, 4.69) is 11.0 Å². The Hall–Kier alpha value is -1.27. The van der Waals surface area contributed by atoms with Crippen LogP contribution in [0.2, 0.25) is 0 Å². The fraction of sp³-hybridized carbons (Fsp3) is 0.615. The van der Waals surface area contributed by atoms with Gasteiger partial charge in [0.1, 0.15) is 0 Å². The van der Waals surface area contributed by atoms with Crippen molar-refractivity contribution in [1.29, 1.82) is 5.26 Å². The summed E-state index contributed by atoms with van der Waals surface area (Å²) in [6, 6.07) is 4.84. The van der Waals surface area contributed by atoms with E-state index in [4.69, 9.17) is 9.68 Å². The third-order valence-electron chi connectivity index (χ3n) is 3.33. The normalized spacial score (nSPS) is 17.5. The second kappa shape index (κ2) is 5.72. The number of hydrogen-bond donors (Lipinski definition) is 0. The van der Waals surface area contributed by atoms with Crippen LogP contribution < -0.4 is 0 Å². The highest BCUT2D eigenvalue weighted by atomic mass is 16.3. The van der Waals surface area contributed by atoms with Gasteiger partial charge in [-0.15, -0.1) is 0 Å². The number of furan rings is 1. The molecule has 0 radical (unpaired) electrons.